The molecular weight excluding hydrogens is 330 g/mol. The molecule has 25 heavy (non-hydrogen) atoms. The third kappa shape index (κ3) is 2.93. The highest BCUT2D eigenvalue weighted by atomic mass is 32.1. The number of benzene rings is 2. The Hall–Kier alpha value is -2.94. The number of pyridine rings is 1. The zero-order valence-corrected chi connectivity index (χ0v) is 14.1. The summed E-state index contributed by atoms with van der Waals surface area (Å²) in [4.78, 5) is 4.68. The lowest BCUT2D eigenvalue weighted by molar-refractivity contribution is 0.191. The van der Waals surface area contributed by atoms with Gasteiger partial charge in [0, 0.05) is 22.0 Å². The van der Waals surface area contributed by atoms with Gasteiger partial charge >= 0.3 is 0 Å². The van der Waals surface area contributed by atoms with Gasteiger partial charge in [-0.15, -0.1) is 11.3 Å². The minimum absolute atomic E-state index is 0.366. The molecular formula is C20H15N3OS. The molecule has 2 N–H and O–H groups in total. The average Bonchev–Trinajstić information content (AvgIpc) is 3.16. The Morgan fingerprint density at radius 1 is 1.12 bits per heavy atom. The predicted octanol–water partition coefficient (Wildman–Crippen LogP) is 4.47. The van der Waals surface area contributed by atoms with Crippen molar-refractivity contribution in [1.29, 1.82) is 5.26 Å². The van der Waals surface area contributed by atoms with E-state index < -0.39 is 6.10 Å². The van der Waals surface area contributed by atoms with Gasteiger partial charge in [0.15, 0.2) is 0 Å². The SMILES string of the molecule is N#Cc1ccc2c(c1)nc(NCC(O)c1ccccc1)c1ccsc12. The number of anilines is 1. The predicted molar refractivity (Wildman–Crippen MR) is 102 cm³/mol. The van der Waals surface area contributed by atoms with Crippen LogP contribution < -0.4 is 5.32 Å². The van der Waals surface area contributed by atoms with E-state index in [9.17, 15) is 5.11 Å². The average molecular weight is 345 g/mol. The molecule has 0 saturated heterocycles. The molecule has 0 amide bonds. The third-order valence-electron chi connectivity index (χ3n) is 4.17. The number of fused-ring (bicyclic) bond motifs is 3. The normalized spacial score (nSPS) is 12.2. The number of hydrogen-bond acceptors (Lipinski definition) is 5. The highest BCUT2D eigenvalue weighted by Crippen LogP contribution is 2.34. The maximum Gasteiger partial charge on any atom is 0.135 e. The molecule has 0 fully saturated rings. The minimum Gasteiger partial charge on any atom is -0.387 e. The Balaban J connectivity index is 1.70. The van der Waals surface area contributed by atoms with Crippen LogP contribution in [0.5, 0.6) is 0 Å². The van der Waals surface area contributed by atoms with Gasteiger partial charge in [0.1, 0.15) is 5.82 Å². The van der Waals surface area contributed by atoms with Crippen LogP contribution in [0, 0.1) is 11.3 Å². The van der Waals surface area contributed by atoms with Crippen molar-refractivity contribution in [1.82, 2.24) is 4.98 Å². The van der Waals surface area contributed by atoms with Crippen molar-refractivity contribution in [2.24, 2.45) is 0 Å². The first-order valence-corrected chi connectivity index (χ1v) is 8.82. The lowest BCUT2D eigenvalue weighted by atomic mass is 10.1. The zero-order valence-electron chi connectivity index (χ0n) is 13.3. The number of thiophene rings is 1. The van der Waals surface area contributed by atoms with Crippen LogP contribution in [0.3, 0.4) is 0 Å². The van der Waals surface area contributed by atoms with E-state index in [1.54, 1.807) is 17.4 Å². The van der Waals surface area contributed by atoms with Crippen LogP contribution in [0.1, 0.15) is 17.2 Å². The van der Waals surface area contributed by atoms with Gasteiger partial charge in [-0.25, -0.2) is 4.98 Å². The molecule has 2 aromatic carbocycles. The van der Waals surface area contributed by atoms with Crippen molar-refractivity contribution in [2.45, 2.75) is 6.10 Å². The number of aromatic nitrogens is 1. The maximum atomic E-state index is 10.4. The standard InChI is InChI=1S/C20H15N3OS/c21-11-13-6-7-15-17(10-13)23-20(16-8-9-25-19(15)16)22-12-18(24)14-4-2-1-3-5-14/h1-10,18,24H,12H2,(H,22,23). The largest absolute Gasteiger partial charge is 0.387 e. The Labute approximate surface area is 149 Å². The molecule has 0 bridgehead atoms. The van der Waals surface area contributed by atoms with Crippen molar-refractivity contribution in [3.8, 4) is 6.07 Å². The van der Waals surface area contributed by atoms with Crippen molar-refractivity contribution < 1.29 is 5.11 Å². The monoisotopic (exact) mass is 345 g/mol. The van der Waals surface area contributed by atoms with Gasteiger partial charge in [-0.3, -0.25) is 0 Å². The summed E-state index contributed by atoms with van der Waals surface area (Å²) in [6.45, 7) is 0.366. The molecule has 1 atom stereocenters. The van der Waals surface area contributed by atoms with E-state index in [2.05, 4.69) is 16.4 Å². The van der Waals surface area contributed by atoms with Gasteiger partial charge in [0.25, 0.3) is 0 Å². The number of hydrogen-bond donors (Lipinski definition) is 2. The number of aliphatic hydroxyl groups excluding tert-OH is 1. The van der Waals surface area contributed by atoms with Crippen molar-refractivity contribution in [3.63, 3.8) is 0 Å². The highest BCUT2D eigenvalue weighted by Gasteiger charge is 2.12. The fourth-order valence-electron chi connectivity index (χ4n) is 2.89. The highest BCUT2D eigenvalue weighted by molar-refractivity contribution is 7.18. The lowest BCUT2D eigenvalue weighted by Crippen LogP contribution is -2.13. The molecule has 2 aromatic heterocycles. The van der Waals surface area contributed by atoms with Crippen molar-refractivity contribution in [2.75, 3.05) is 11.9 Å². The second-order valence-electron chi connectivity index (χ2n) is 5.77. The van der Waals surface area contributed by atoms with Gasteiger partial charge < -0.3 is 10.4 Å². The van der Waals surface area contributed by atoms with Gasteiger partial charge in [-0.05, 0) is 29.1 Å². The van der Waals surface area contributed by atoms with Gasteiger partial charge in [-0.2, -0.15) is 5.26 Å². The van der Waals surface area contributed by atoms with E-state index in [-0.39, 0.29) is 0 Å². The number of aliphatic hydroxyl groups is 1. The molecule has 0 saturated carbocycles. The summed E-state index contributed by atoms with van der Waals surface area (Å²) in [6.07, 6.45) is -0.613. The summed E-state index contributed by atoms with van der Waals surface area (Å²) < 4.78 is 1.13. The van der Waals surface area contributed by atoms with Crippen molar-refractivity contribution >= 4 is 38.1 Å². The summed E-state index contributed by atoms with van der Waals surface area (Å²) in [5, 5.41) is 26.9. The minimum atomic E-state index is -0.613. The van der Waals surface area contributed by atoms with Gasteiger partial charge in [0.05, 0.1) is 23.3 Å². The van der Waals surface area contributed by atoms with E-state index in [1.807, 2.05) is 53.9 Å². The van der Waals surface area contributed by atoms with E-state index >= 15 is 0 Å². The maximum absolute atomic E-state index is 10.4. The van der Waals surface area contributed by atoms with Crippen LogP contribution in [0.2, 0.25) is 0 Å². The van der Waals surface area contributed by atoms with Gasteiger partial charge in [-0.1, -0.05) is 36.4 Å². The number of nitrogens with one attached hydrogen (secondary N) is 1. The molecule has 0 radical (unpaired) electrons. The van der Waals surface area contributed by atoms with E-state index in [4.69, 9.17) is 5.26 Å². The lowest BCUT2D eigenvalue weighted by Gasteiger charge is -2.14. The zero-order chi connectivity index (χ0) is 17.2. The summed E-state index contributed by atoms with van der Waals surface area (Å²) in [7, 11) is 0. The second-order valence-corrected chi connectivity index (χ2v) is 6.69. The number of nitrogens with zero attached hydrogens (tertiary/aromatic N) is 2. The summed E-state index contributed by atoms with van der Waals surface area (Å²) >= 11 is 1.65. The van der Waals surface area contributed by atoms with E-state index in [0.29, 0.717) is 12.1 Å². The van der Waals surface area contributed by atoms with Gasteiger partial charge in [0.2, 0.25) is 0 Å². The van der Waals surface area contributed by atoms with Crippen LogP contribution in [-0.2, 0) is 0 Å². The Bertz CT molecular complexity index is 1080. The van der Waals surface area contributed by atoms with Crippen LogP contribution in [0.4, 0.5) is 5.82 Å². The summed E-state index contributed by atoms with van der Waals surface area (Å²) in [5.41, 5.74) is 2.24. The van der Waals surface area contributed by atoms with Crippen LogP contribution >= 0.6 is 11.3 Å². The first kappa shape index (κ1) is 15.6. The first-order chi connectivity index (χ1) is 12.3. The molecule has 0 aliphatic carbocycles. The Morgan fingerprint density at radius 3 is 2.76 bits per heavy atom. The number of rotatable bonds is 4. The smallest absolute Gasteiger partial charge is 0.135 e. The fourth-order valence-corrected chi connectivity index (χ4v) is 3.82. The Morgan fingerprint density at radius 2 is 1.96 bits per heavy atom. The molecule has 4 rings (SSSR count). The molecule has 1 unspecified atom stereocenters. The molecule has 0 spiro atoms. The quantitative estimate of drug-likeness (QED) is 0.573. The molecule has 4 nitrogen and oxygen atoms in total. The van der Waals surface area contributed by atoms with E-state index in [1.165, 1.54) is 0 Å². The summed E-state index contributed by atoms with van der Waals surface area (Å²) in [5.74, 6) is 0.730. The number of nitriles is 1. The third-order valence-corrected chi connectivity index (χ3v) is 5.12. The topological polar surface area (TPSA) is 68.9 Å². The van der Waals surface area contributed by atoms with Crippen LogP contribution in [-0.4, -0.2) is 16.6 Å². The molecule has 122 valence electrons. The molecule has 2 heterocycles. The Kier molecular flexibility index (Phi) is 4.06. The fraction of sp³-hybridized carbons (Fsp3) is 0.100. The van der Waals surface area contributed by atoms with Crippen molar-refractivity contribution in [3.05, 3.63) is 71.1 Å². The first-order valence-electron chi connectivity index (χ1n) is 7.94. The second kappa shape index (κ2) is 6.52. The molecule has 0 aliphatic rings. The molecule has 5 heteroatoms. The van der Waals surface area contributed by atoms with Crippen LogP contribution in [0.15, 0.2) is 60.0 Å². The van der Waals surface area contributed by atoms with E-state index in [0.717, 1.165) is 32.4 Å². The summed E-state index contributed by atoms with van der Waals surface area (Å²) in [6, 6.07) is 19.3. The molecule has 0 aliphatic heterocycles. The molecule has 4 aromatic rings. The van der Waals surface area contributed by atoms with Crippen LogP contribution in [0.25, 0.3) is 21.0 Å².